The molecule has 2 saturated carbocycles. The highest BCUT2D eigenvalue weighted by Crippen LogP contribution is 2.50. The molecule has 16 nitrogen and oxygen atoms in total. The Morgan fingerprint density at radius 1 is 0.578 bits per heavy atom. The van der Waals surface area contributed by atoms with E-state index in [9.17, 15) is 26.4 Å². The van der Waals surface area contributed by atoms with Crippen LogP contribution in [0.3, 0.4) is 0 Å². The van der Waals surface area contributed by atoms with Crippen LogP contribution in [0.4, 0.5) is 11.4 Å². The van der Waals surface area contributed by atoms with E-state index >= 15 is 0 Å². The van der Waals surface area contributed by atoms with Crippen LogP contribution in [0, 0.1) is 35.5 Å². The minimum absolute atomic E-state index is 0.0573. The third kappa shape index (κ3) is 14.0. The van der Waals surface area contributed by atoms with Crippen LogP contribution in [0.2, 0.25) is 10.0 Å². The molecule has 4 aromatic carbocycles. The molecule has 0 saturated heterocycles. The lowest BCUT2D eigenvalue weighted by Crippen LogP contribution is -2.49. The van der Waals surface area contributed by atoms with Gasteiger partial charge in [-0.2, -0.15) is 0 Å². The number of sulfonamides is 2. The second-order valence-corrected chi connectivity index (χ2v) is 31.5. The van der Waals surface area contributed by atoms with Gasteiger partial charge in [-0.3, -0.25) is 9.59 Å². The van der Waals surface area contributed by atoms with Gasteiger partial charge in [-0.25, -0.2) is 26.3 Å². The number of hydrogen-bond acceptors (Lipinski definition) is 14. The number of amides is 2. The summed E-state index contributed by atoms with van der Waals surface area (Å²) in [6.07, 6.45) is 20.2. The minimum atomic E-state index is -4.00. The maximum absolute atomic E-state index is 13.7. The lowest BCUT2D eigenvalue weighted by molar-refractivity contribution is 0.0131. The lowest BCUT2D eigenvalue weighted by atomic mass is 9.68. The number of carbonyl (C=O) groups excluding carboxylic acids is 2. The zero-order chi connectivity index (χ0) is 63.5. The van der Waals surface area contributed by atoms with E-state index in [1.54, 1.807) is 40.6 Å². The number of aryl methyl sites for hydroxylation is 2. The highest BCUT2D eigenvalue weighted by atomic mass is 35.5. The van der Waals surface area contributed by atoms with Gasteiger partial charge in [0.05, 0.1) is 47.3 Å². The van der Waals surface area contributed by atoms with Crippen molar-refractivity contribution in [1.29, 1.82) is 0 Å². The fraction of sp³-hybridized carbons (Fsp3) is 0.571. The molecule has 20 heteroatoms. The van der Waals surface area contributed by atoms with Gasteiger partial charge in [-0.1, -0.05) is 73.5 Å². The maximum Gasteiger partial charge on any atom is 0.264 e. The van der Waals surface area contributed by atoms with Crippen LogP contribution in [0.15, 0.2) is 97.1 Å². The standard InChI is InChI=1S/2C35H45ClN2O6S/c2*1-23-6-4-8-31(43-3)28-12-9-26(28)20-38-21-35(16-5-7-24-18-27(36)11-13-29(24)35)22-44-32-14-10-25(19-30(32)38)34(39)37-45(40,41)33(23)15-17-42-2/h2*4,8,10-11,13-14,18-19,23,26,28,31,33H,5-7,9,12,15-17,20-22H2,1-3H3,(H,37,39)/b2*8-4+/t23-,26-,28+,31-,33+,35-;23-,26-,28+,31-,33-,35-/m00/s1. The van der Waals surface area contributed by atoms with Gasteiger partial charge in [0, 0.05) is 99.8 Å². The van der Waals surface area contributed by atoms with Gasteiger partial charge < -0.3 is 38.2 Å². The smallest absolute Gasteiger partial charge is 0.264 e. The SMILES string of the molecule is COCC[C@@H]1[C@@H](C)C/C=C/[C@H](OC)[C@@H]2CC[C@H]2CN2C[C@@]3(CCCc4cc(Cl)ccc43)COc3ccc(cc32)C(=O)NS1(=O)=O.COCC[C@H]1[C@@H](C)C/C=C/[C@H](OC)[C@@H]2CC[C@H]2CN2C[C@@]3(CCCc4cc(Cl)ccc43)COc3ccc(cc32)C(=O)NS1(=O)=O. The molecule has 2 amide bonds. The van der Waals surface area contributed by atoms with Crippen molar-refractivity contribution in [1.82, 2.24) is 9.44 Å². The number of fused-ring (bicyclic) bond motifs is 8. The summed E-state index contributed by atoms with van der Waals surface area (Å²) in [5.74, 6) is 1.17. The Labute approximate surface area is 543 Å². The van der Waals surface area contributed by atoms with Crippen LogP contribution < -0.4 is 28.7 Å². The predicted octanol–water partition coefficient (Wildman–Crippen LogP) is 11.8. The number of nitrogens with zero attached hydrogens (tertiary/aromatic N) is 2. The van der Waals surface area contributed by atoms with Crippen molar-refractivity contribution < 1.29 is 54.8 Å². The van der Waals surface area contributed by atoms with E-state index in [0.29, 0.717) is 72.4 Å². The molecular weight excluding hydrogens is 1220 g/mol. The number of rotatable bonds is 8. The highest BCUT2D eigenvalue weighted by Gasteiger charge is 2.47. The first-order chi connectivity index (χ1) is 43.3. The molecule has 4 aliphatic carbocycles. The van der Waals surface area contributed by atoms with Gasteiger partial charge in [0.25, 0.3) is 11.8 Å². The van der Waals surface area contributed by atoms with E-state index < -0.39 is 42.4 Å². The summed E-state index contributed by atoms with van der Waals surface area (Å²) >= 11 is 12.8. The van der Waals surface area contributed by atoms with E-state index in [0.717, 1.165) is 112 Å². The Balaban J connectivity index is 0.000000185. The Kier molecular flexibility index (Phi) is 20.8. The lowest BCUT2D eigenvalue weighted by Gasteiger charge is -2.46. The molecule has 8 aliphatic rings. The summed E-state index contributed by atoms with van der Waals surface area (Å²) < 4.78 is 95.1. The van der Waals surface area contributed by atoms with Crippen LogP contribution in [-0.2, 0) is 62.7 Å². The summed E-state index contributed by atoms with van der Waals surface area (Å²) in [6.45, 7) is 8.45. The van der Waals surface area contributed by atoms with E-state index in [1.165, 1.54) is 22.3 Å². The summed E-state index contributed by atoms with van der Waals surface area (Å²) in [5.41, 5.74) is 6.85. The Morgan fingerprint density at radius 3 is 1.38 bits per heavy atom. The molecule has 12 atom stereocenters. The van der Waals surface area contributed by atoms with Crippen LogP contribution in [0.5, 0.6) is 11.5 Å². The number of nitrogens with one attached hydrogen (secondary N) is 2. The average molecular weight is 1310 g/mol. The van der Waals surface area contributed by atoms with Gasteiger partial charge in [0.2, 0.25) is 20.0 Å². The molecule has 90 heavy (non-hydrogen) atoms. The molecule has 2 fully saturated rings. The first-order valence-corrected chi connectivity index (χ1v) is 36.2. The quantitative estimate of drug-likeness (QED) is 0.159. The van der Waals surface area contributed by atoms with Gasteiger partial charge in [0.1, 0.15) is 11.5 Å². The van der Waals surface area contributed by atoms with Crippen molar-refractivity contribution in [2.75, 3.05) is 90.8 Å². The van der Waals surface area contributed by atoms with E-state index in [4.69, 9.17) is 51.6 Å². The monoisotopic (exact) mass is 1310 g/mol. The predicted molar refractivity (Wildman–Crippen MR) is 354 cm³/mol. The number of benzene rings is 4. The van der Waals surface area contributed by atoms with Crippen molar-refractivity contribution in [3.63, 3.8) is 0 Å². The molecule has 0 radical (unpaired) electrons. The minimum Gasteiger partial charge on any atom is -0.490 e. The van der Waals surface area contributed by atoms with Crippen LogP contribution in [-0.4, -0.2) is 132 Å². The molecule has 2 N–H and O–H groups in total. The van der Waals surface area contributed by atoms with Gasteiger partial charge in [-0.15, -0.1) is 0 Å². The highest BCUT2D eigenvalue weighted by molar-refractivity contribution is 7.91. The van der Waals surface area contributed by atoms with Gasteiger partial charge >= 0.3 is 0 Å². The van der Waals surface area contributed by atoms with Crippen molar-refractivity contribution >= 4 is 66.4 Å². The fourth-order valence-electron chi connectivity index (χ4n) is 16.0. The van der Waals surface area contributed by atoms with Crippen molar-refractivity contribution in [2.45, 2.75) is 137 Å². The van der Waals surface area contributed by atoms with Crippen molar-refractivity contribution in [2.24, 2.45) is 35.5 Å². The van der Waals surface area contributed by atoms with Crippen LogP contribution in [0.25, 0.3) is 0 Å². The molecule has 4 bridgehead atoms. The number of methoxy groups -OCH3 is 4. The van der Waals surface area contributed by atoms with E-state index in [1.807, 2.05) is 50.2 Å². The molecule has 0 aromatic heterocycles. The number of hydrogen-bond donors (Lipinski definition) is 2. The zero-order valence-corrected chi connectivity index (χ0v) is 56.1. The van der Waals surface area contributed by atoms with E-state index in [-0.39, 0.29) is 60.9 Å². The summed E-state index contributed by atoms with van der Waals surface area (Å²) in [4.78, 5) is 32.0. The molecule has 12 rings (SSSR count). The third-order valence-electron chi connectivity index (χ3n) is 21.3. The normalized spacial score (nSPS) is 31.9. The first kappa shape index (κ1) is 66.3. The largest absolute Gasteiger partial charge is 0.490 e. The molecular formula is C70H90Cl2N4O12S2. The summed E-state index contributed by atoms with van der Waals surface area (Å²) in [6, 6.07) is 23.0. The number of halogens is 2. The second kappa shape index (κ2) is 28.2. The average Bonchev–Trinajstić information content (AvgIpc) is 1.50. The molecule has 4 aliphatic heterocycles. The van der Waals surface area contributed by atoms with Gasteiger partial charge in [-0.05, 0) is 208 Å². The second-order valence-electron chi connectivity index (χ2n) is 26.9. The summed E-state index contributed by atoms with van der Waals surface area (Å²) in [5, 5.41) is -0.100. The topological polar surface area (TPSA) is 188 Å². The van der Waals surface area contributed by atoms with Crippen molar-refractivity contribution in [3.8, 4) is 11.5 Å². The van der Waals surface area contributed by atoms with E-state index in [2.05, 4.69) is 67.8 Å². The Bertz CT molecular complexity index is 3320. The first-order valence-electron chi connectivity index (χ1n) is 32.4. The van der Waals surface area contributed by atoms with Crippen LogP contribution >= 0.6 is 23.2 Å². The molecule has 0 unspecified atom stereocenters. The molecule has 4 heterocycles. The number of carbonyl (C=O) groups is 2. The Hall–Kier alpha value is -5.18. The van der Waals surface area contributed by atoms with Crippen LogP contribution in [0.1, 0.15) is 134 Å². The Morgan fingerprint density at radius 2 is 1.00 bits per heavy atom. The molecule has 4 aromatic rings. The van der Waals surface area contributed by atoms with Crippen molar-refractivity contribution in [3.05, 3.63) is 141 Å². The molecule has 488 valence electrons. The fourth-order valence-corrected chi connectivity index (χ4v) is 19.7. The van der Waals surface area contributed by atoms with Gasteiger partial charge in [0.15, 0.2) is 0 Å². The zero-order valence-electron chi connectivity index (χ0n) is 52.9. The maximum atomic E-state index is 13.7. The third-order valence-corrected chi connectivity index (χ3v) is 25.7. The summed E-state index contributed by atoms with van der Waals surface area (Å²) in [7, 11) is -1.37. The number of ether oxygens (including phenoxy) is 6. The number of anilines is 2. The molecule has 2 spiro atoms. The number of allylic oxidation sites excluding steroid dienone is 2.